The van der Waals surface area contributed by atoms with E-state index in [-0.39, 0.29) is 18.4 Å². The second kappa shape index (κ2) is 6.59. The van der Waals surface area contributed by atoms with Crippen molar-refractivity contribution in [2.24, 2.45) is 5.92 Å². The van der Waals surface area contributed by atoms with Gasteiger partial charge < -0.3 is 9.84 Å². The van der Waals surface area contributed by atoms with Gasteiger partial charge in [0.15, 0.2) is 0 Å². The van der Waals surface area contributed by atoms with Crippen LogP contribution in [-0.2, 0) is 26.1 Å². The van der Waals surface area contributed by atoms with Crippen molar-refractivity contribution >= 4 is 11.9 Å². The van der Waals surface area contributed by atoms with E-state index >= 15 is 0 Å². The number of carboxylic acid groups (broad SMARTS) is 1. The quantitative estimate of drug-likeness (QED) is 0.647. The van der Waals surface area contributed by atoms with E-state index in [1.807, 2.05) is 6.07 Å². The number of benzene rings is 1. The molecule has 5 nitrogen and oxygen atoms in total. The highest BCUT2D eigenvalue weighted by Gasteiger charge is 2.49. The summed E-state index contributed by atoms with van der Waals surface area (Å²) in [6, 6.07) is 6.17. The molecule has 0 aliphatic heterocycles. The van der Waals surface area contributed by atoms with Crippen molar-refractivity contribution < 1.29 is 32.6 Å². The number of halogens is 3. The fourth-order valence-corrected chi connectivity index (χ4v) is 2.67. The molecule has 0 heterocycles. The lowest BCUT2D eigenvalue weighted by Crippen LogP contribution is -2.44. The van der Waals surface area contributed by atoms with Gasteiger partial charge in [0.1, 0.15) is 5.60 Å². The summed E-state index contributed by atoms with van der Waals surface area (Å²) in [5.74, 6) is -2.59. The Kier molecular flexibility index (Phi) is 4.88. The molecular weight excluding hydrogens is 339 g/mol. The van der Waals surface area contributed by atoms with Crippen molar-refractivity contribution in [1.82, 2.24) is 0 Å². The van der Waals surface area contributed by atoms with Gasteiger partial charge in [-0.05, 0) is 17.7 Å². The molecule has 0 unspecified atom stereocenters. The fourth-order valence-electron chi connectivity index (χ4n) is 2.67. The van der Waals surface area contributed by atoms with E-state index in [1.54, 1.807) is 0 Å². The molecule has 0 atom stereocenters. The van der Waals surface area contributed by atoms with E-state index in [0.29, 0.717) is 5.56 Å². The van der Waals surface area contributed by atoms with Crippen LogP contribution in [0.5, 0.6) is 0 Å². The Morgan fingerprint density at radius 3 is 2.32 bits per heavy atom. The average molecular weight is 353 g/mol. The number of aliphatic carboxylic acids is 1. The molecule has 1 aromatic carbocycles. The summed E-state index contributed by atoms with van der Waals surface area (Å²) in [7, 11) is 0. The summed E-state index contributed by atoms with van der Waals surface area (Å²) in [4.78, 5) is 22.7. The minimum Gasteiger partial charge on any atom is -0.478 e. The number of alkyl halides is 3. The Labute approximate surface area is 141 Å². The molecule has 1 aromatic rings. The third kappa shape index (κ3) is 3.99. The maximum Gasteiger partial charge on any atom is 0.416 e. The summed E-state index contributed by atoms with van der Waals surface area (Å²) >= 11 is 0. The number of hydrogen-bond acceptors (Lipinski definition) is 4. The summed E-state index contributed by atoms with van der Waals surface area (Å²) < 4.78 is 43.3. The van der Waals surface area contributed by atoms with Crippen molar-refractivity contribution in [3.63, 3.8) is 0 Å². The lowest BCUT2D eigenvalue weighted by atomic mass is 9.67. The first-order valence-corrected chi connectivity index (χ1v) is 7.27. The van der Waals surface area contributed by atoms with Gasteiger partial charge in [-0.1, -0.05) is 18.7 Å². The molecule has 1 aliphatic rings. The largest absolute Gasteiger partial charge is 0.478 e. The van der Waals surface area contributed by atoms with Crippen LogP contribution in [0.25, 0.3) is 0 Å². The minimum absolute atomic E-state index is 0.139. The predicted molar refractivity (Wildman–Crippen MR) is 78.9 cm³/mol. The molecule has 0 bridgehead atoms. The summed E-state index contributed by atoms with van der Waals surface area (Å²) in [5.41, 5.74) is -2.08. The summed E-state index contributed by atoms with van der Waals surface area (Å²) in [5, 5.41) is 17.7. The van der Waals surface area contributed by atoms with Gasteiger partial charge in [-0.2, -0.15) is 18.4 Å². The van der Waals surface area contributed by atoms with Crippen molar-refractivity contribution in [1.29, 1.82) is 5.26 Å². The Bertz CT molecular complexity index is 741. The molecule has 0 aromatic heterocycles. The molecule has 0 radical (unpaired) electrons. The number of carbonyl (C=O) groups excluding carboxylic acids is 1. The van der Waals surface area contributed by atoms with E-state index in [0.717, 1.165) is 12.1 Å². The van der Waals surface area contributed by atoms with E-state index in [1.165, 1.54) is 12.1 Å². The number of carbonyl (C=O) groups is 2. The van der Waals surface area contributed by atoms with Gasteiger partial charge in [-0.15, -0.1) is 0 Å². The van der Waals surface area contributed by atoms with Crippen LogP contribution in [-0.4, -0.2) is 17.0 Å². The van der Waals surface area contributed by atoms with Gasteiger partial charge in [0, 0.05) is 18.4 Å². The van der Waals surface area contributed by atoms with Crippen LogP contribution >= 0.6 is 0 Å². The number of nitriles is 1. The number of rotatable bonds is 5. The van der Waals surface area contributed by atoms with Crippen LogP contribution in [0, 0.1) is 17.2 Å². The predicted octanol–water partition coefficient (Wildman–Crippen LogP) is 3.41. The van der Waals surface area contributed by atoms with Crippen LogP contribution in [0.4, 0.5) is 13.2 Å². The van der Waals surface area contributed by atoms with Crippen LogP contribution in [0.1, 0.15) is 30.4 Å². The Morgan fingerprint density at radius 1 is 1.32 bits per heavy atom. The van der Waals surface area contributed by atoms with Crippen molar-refractivity contribution in [2.75, 3.05) is 0 Å². The molecule has 0 amide bonds. The van der Waals surface area contributed by atoms with E-state index in [4.69, 9.17) is 15.1 Å². The average Bonchev–Trinajstić information content (AvgIpc) is 2.49. The standard InChI is InChI=1S/C17H14F3NO4/c1-10(15(23)24)6-14(22)25-16(7-11(8-16)9-21)12-2-4-13(5-3-12)17(18,19)20/h2-5,11H,1,6-8H2,(H,23,24)/t11-,16+. The maximum absolute atomic E-state index is 12.7. The molecule has 132 valence electrons. The highest BCUT2D eigenvalue weighted by Crippen LogP contribution is 2.49. The summed E-state index contributed by atoms with van der Waals surface area (Å²) in [6.07, 6.45) is -4.76. The van der Waals surface area contributed by atoms with Gasteiger partial charge in [0.2, 0.25) is 0 Å². The number of ether oxygens (including phenoxy) is 1. The molecule has 0 spiro atoms. The Balaban J connectivity index is 2.21. The molecule has 8 heteroatoms. The fraction of sp³-hybridized carbons (Fsp3) is 0.353. The van der Waals surface area contributed by atoms with Gasteiger partial charge >= 0.3 is 18.1 Å². The van der Waals surface area contributed by atoms with Gasteiger partial charge in [0.25, 0.3) is 0 Å². The first-order chi connectivity index (χ1) is 11.6. The number of nitrogens with zero attached hydrogens (tertiary/aromatic N) is 1. The summed E-state index contributed by atoms with van der Waals surface area (Å²) in [6.45, 7) is 3.23. The van der Waals surface area contributed by atoms with Crippen molar-refractivity contribution in [3.05, 3.63) is 47.5 Å². The smallest absolute Gasteiger partial charge is 0.416 e. The van der Waals surface area contributed by atoms with Gasteiger partial charge in [-0.25, -0.2) is 4.79 Å². The lowest BCUT2D eigenvalue weighted by Gasteiger charge is -2.44. The number of hydrogen-bond donors (Lipinski definition) is 1. The molecule has 1 aliphatic carbocycles. The highest BCUT2D eigenvalue weighted by molar-refractivity contribution is 5.91. The van der Waals surface area contributed by atoms with Crippen LogP contribution in [0.3, 0.4) is 0 Å². The zero-order valence-corrected chi connectivity index (χ0v) is 13.0. The molecule has 0 saturated heterocycles. The molecular formula is C17H14F3NO4. The first-order valence-electron chi connectivity index (χ1n) is 7.27. The molecule has 1 N–H and O–H groups in total. The number of esters is 1. The van der Waals surface area contributed by atoms with Crippen LogP contribution in [0.15, 0.2) is 36.4 Å². The van der Waals surface area contributed by atoms with Crippen LogP contribution < -0.4 is 0 Å². The van der Waals surface area contributed by atoms with E-state index < -0.39 is 41.6 Å². The molecule has 25 heavy (non-hydrogen) atoms. The Morgan fingerprint density at radius 2 is 1.88 bits per heavy atom. The van der Waals surface area contributed by atoms with Gasteiger partial charge in [-0.3, -0.25) is 4.79 Å². The third-order valence-electron chi connectivity index (χ3n) is 4.04. The van der Waals surface area contributed by atoms with E-state index in [2.05, 4.69) is 6.58 Å². The lowest BCUT2D eigenvalue weighted by molar-refractivity contribution is -0.175. The second-order valence-corrected chi connectivity index (χ2v) is 5.86. The molecule has 2 rings (SSSR count). The monoisotopic (exact) mass is 353 g/mol. The van der Waals surface area contributed by atoms with Crippen molar-refractivity contribution in [3.8, 4) is 6.07 Å². The van der Waals surface area contributed by atoms with Crippen molar-refractivity contribution in [2.45, 2.75) is 31.0 Å². The molecule has 1 saturated carbocycles. The zero-order valence-electron chi connectivity index (χ0n) is 13.0. The van der Waals surface area contributed by atoms with E-state index in [9.17, 15) is 22.8 Å². The topological polar surface area (TPSA) is 87.4 Å². The van der Waals surface area contributed by atoms with Crippen LogP contribution in [0.2, 0.25) is 0 Å². The Hall–Kier alpha value is -2.82. The zero-order chi connectivity index (χ0) is 18.8. The van der Waals surface area contributed by atoms with Gasteiger partial charge in [0.05, 0.1) is 24.0 Å². The number of carboxylic acids is 1. The highest BCUT2D eigenvalue weighted by atomic mass is 19.4. The SMILES string of the molecule is C=C(CC(=O)O[C@]1(c2ccc(C(F)(F)F)cc2)C[C@H](C#N)C1)C(=O)O. The third-order valence-corrected chi connectivity index (χ3v) is 4.04. The minimum atomic E-state index is -4.49. The molecule has 1 fully saturated rings. The first kappa shape index (κ1) is 18.5. The second-order valence-electron chi connectivity index (χ2n) is 5.86. The normalized spacial score (nSPS) is 22.4. The maximum atomic E-state index is 12.7.